The van der Waals surface area contributed by atoms with Gasteiger partial charge in [0.15, 0.2) is 6.10 Å². The minimum absolute atomic E-state index is 0.352. The summed E-state index contributed by atoms with van der Waals surface area (Å²) in [5.41, 5.74) is 0. The number of hydrogen-bond donors (Lipinski definition) is 1. The predicted octanol–water partition coefficient (Wildman–Crippen LogP) is 2.95. The molecule has 1 aromatic rings. The molecule has 0 spiro atoms. The average molecular weight is 222 g/mol. The molecule has 0 aliphatic rings. The number of carboxylic acids is 1. The van der Waals surface area contributed by atoms with Crippen molar-refractivity contribution in [3.05, 3.63) is 30.3 Å². The van der Waals surface area contributed by atoms with Gasteiger partial charge in [-0.05, 0) is 24.5 Å². The Morgan fingerprint density at radius 1 is 1.38 bits per heavy atom. The highest BCUT2D eigenvalue weighted by Crippen LogP contribution is 2.17. The Bertz CT molecular complexity index is 321. The number of rotatable bonds is 6. The molecule has 1 rings (SSSR count). The zero-order valence-corrected chi connectivity index (χ0v) is 9.72. The Hall–Kier alpha value is -1.51. The van der Waals surface area contributed by atoms with Crippen LogP contribution in [0.15, 0.2) is 30.3 Å². The zero-order valence-electron chi connectivity index (χ0n) is 9.72. The van der Waals surface area contributed by atoms with Crippen LogP contribution in [-0.4, -0.2) is 17.2 Å². The first kappa shape index (κ1) is 12.6. The van der Waals surface area contributed by atoms with Gasteiger partial charge >= 0.3 is 5.97 Å². The van der Waals surface area contributed by atoms with Crippen LogP contribution in [0.4, 0.5) is 0 Å². The van der Waals surface area contributed by atoms with Gasteiger partial charge in [0, 0.05) is 0 Å². The van der Waals surface area contributed by atoms with Gasteiger partial charge in [-0.3, -0.25) is 0 Å². The monoisotopic (exact) mass is 222 g/mol. The molecule has 0 aliphatic heterocycles. The van der Waals surface area contributed by atoms with E-state index in [2.05, 4.69) is 0 Å². The van der Waals surface area contributed by atoms with Gasteiger partial charge in [-0.2, -0.15) is 0 Å². The first-order valence-corrected chi connectivity index (χ1v) is 5.58. The van der Waals surface area contributed by atoms with Crippen molar-refractivity contribution in [2.24, 2.45) is 5.92 Å². The molecule has 0 saturated carbocycles. The summed E-state index contributed by atoms with van der Waals surface area (Å²) in [7, 11) is 0. The highest BCUT2D eigenvalue weighted by atomic mass is 16.5. The fourth-order valence-corrected chi connectivity index (χ4v) is 1.39. The molecule has 0 amide bonds. The van der Waals surface area contributed by atoms with Crippen LogP contribution in [0.5, 0.6) is 5.75 Å². The molecule has 1 aromatic carbocycles. The summed E-state index contributed by atoms with van der Waals surface area (Å²) in [4.78, 5) is 11.0. The molecule has 0 radical (unpaired) electrons. The molecule has 0 heterocycles. The van der Waals surface area contributed by atoms with E-state index >= 15 is 0 Å². The van der Waals surface area contributed by atoms with E-state index in [-0.39, 0.29) is 0 Å². The lowest BCUT2D eigenvalue weighted by molar-refractivity contribution is -0.145. The molecular weight excluding hydrogens is 204 g/mol. The second kappa shape index (κ2) is 6.16. The molecule has 0 aliphatic carbocycles. The first-order valence-electron chi connectivity index (χ1n) is 5.58. The van der Waals surface area contributed by atoms with Crippen molar-refractivity contribution in [1.29, 1.82) is 0 Å². The summed E-state index contributed by atoms with van der Waals surface area (Å²) < 4.78 is 5.45. The van der Waals surface area contributed by atoms with E-state index in [0.717, 1.165) is 6.42 Å². The Balaban J connectivity index is 2.62. The van der Waals surface area contributed by atoms with Crippen molar-refractivity contribution in [3.8, 4) is 5.75 Å². The number of benzene rings is 1. The first-order chi connectivity index (χ1) is 7.63. The van der Waals surface area contributed by atoms with Crippen LogP contribution in [0.1, 0.15) is 26.7 Å². The van der Waals surface area contributed by atoms with E-state index in [1.807, 2.05) is 32.0 Å². The van der Waals surface area contributed by atoms with Crippen LogP contribution in [0.25, 0.3) is 0 Å². The predicted molar refractivity (Wildman–Crippen MR) is 62.6 cm³/mol. The molecule has 0 bridgehead atoms. The molecule has 0 fully saturated rings. The fraction of sp³-hybridized carbons (Fsp3) is 0.462. The number of ether oxygens (including phenoxy) is 1. The Morgan fingerprint density at radius 2 is 2.00 bits per heavy atom. The van der Waals surface area contributed by atoms with Gasteiger partial charge in [-0.15, -0.1) is 0 Å². The summed E-state index contributed by atoms with van der Waals surface area (Å²) in [5, 5.41) is 9.05. The second-order valence-electron chi connectivity index (χ2n) is 4.01. The van der Waals surface area contributed by atoms with Crippen molar-refractivity contribution in [2.45, 2.75) is 32.8 Å². The van der Waals surface area contributed by atoms with Crippen LogP contribution in [0.2, 0.25) is 0 Å². The van der Waals surface area contributed by atoms with Crippen molar-refractivity contribution in [1.82, 2.24) is 0 Å². The summed E-state index contributed by atoms with van der Waals surface area (Å²) in [5.74, 6) is 0.0622. The molecule has 1 N–H and O–H groups in total. The van der Waals surface area contributed by atoms with Gasteiger partial charge in [0.25, 0.3) is 0 Å². The quantitative estimate of drug-likeness (QED) is 0.804. The van der Waals surface area contributed by atoms with E-state index in [0.29, 0.717) is 18.1 Å². The number of aliphatic carboxylic acids is 1. The molecular formula is C13H18O3. The van der Waals surface area contributed by atoms with E-state index in [9.17, 15) is 4.79 Å². The molecule has 3 heteroatoms. The highest BCUT2D eigenvalue weighted by Gasteiger charge is 2.21. The van der Waals surface area contributed by atoms with Crippen LogP contribution < -0.4 is 4.74 Å². The van der Waals surface area contributed by atoms with Crippen LogP contribution >= 0.6 is 0 Å². The standard InChI is InChI=1S/C13H18O3/c1-3-10(2)9-12(13(14)15)16-11-7-5-4-6-8-11/h4-8,10,12H,3,9H2,1-2H3,(H,14,15). The lowest BCUT2D eigenvalue weighted by Crippen LogP contribution is -2.28. The maximum atomic E-state index is 11.0. The van der Waals surface area contributed by atoms with Gasteiger partial charge in [0.2, 0.25) is 0 Å². The van der Waals surface area contributed by atoms with Gasteiger partial charge in [0.1, 0.15) is 5.75 Å². The SMILES string of the molecule is CCC(C)CC(Oc1ccccc1)C(=O)O. The smallest absolute Gasteiger partial charge is 0.344 e. The minimum atomic E-state index is -0.899. The number of carbonyl (C=O) groups is 1. The third kappa shape index (κ3) is 3.93. The van der Waals surface area contributed by atoms with E-state index in [1.165, 1.54) is 0 Å². The van der Waals surface area contributed by atoms with E-state index in [4.69, 9.17) is 9.84 Å². The van der Waals surface area contributed by atoms with Gasteiger partial charge in [-0.25, -0.2) is 4.79 Å². The van der Waals surface area contributed by atoms with Crippen molar-refractivity contribution >= 4 is 5.97 Å². The van der Waals surface area contributed by atoms with Crippen LogP contribution in [0, 0.1) is 5.92 Å². The third-order valence-corrected chi connectivity index (χ3v) is 2.61. The molecule has 2 unspecified atom stereocenters. The van der Waals surface area contributed by atoms with Crippen molar-refractivity contribution in [2.75, 3.05) is 0 Å². The Morgan fingerprint density at radius 3 is 2.50 bits per heavy atom. The Labute approximate surface area is 96.1 Å². The second-order valence-corrected chi connectivity index (χ2v) is 4.01. The third-order valence-electron chi connectivity index (χ3n) is 2.61. The molecule has 0 aromatic heterocycles. The average Bonchev–Trinajstić information content (AvgIpc) is 2.29. The molecule has 88 valence electrons. The molecule has 3 nitrogen and oxygen atoms in total. The Kier molecular flexibility index (Phi) is 4.83. The fourth-order valence-electron chi connectivity index (χ4n) is 1.39. The zero-order chi connectivity index (χ0) is 12.0. The highest BCUT2D eigenvalue weighted by molar-refractivity contribution is 5.72. The molecule has 16 heavy (non-hydrogen) atoms. The van der Waals surface area contributed by atoms with Gasteiger partial charge < -0.3 is 9.84 Å². The minimum Gasteiger partial charge on any atom is -0.479 e. The maximum Gasteiger partial charge on any atom is 0.344 e. The van der Waals surface area contributed by atoms with Crippen molar-refractivity contribution < 1.29 is 14.6 Å². The van der Waals surface area contributed by atoms with Gasteiger partial charge in [-0.1, -0.05) is 38.5 Å². The number of hydrogen-bond acceptors (Lipinski definition) is 2. The van der Waals surface area contributed by atoms with Gasteiger partial charge in [0.05, 0.1) is 0 Å². The van der Waals surface area contributed by atoms with Crippen LogP contribution in [-0.2, 0) is 4.79 Å². The van der Waals surface area contributed by atoms with Crippen molar-refractivity contribution in [3.63, 3.8) is 0 Å². The largest absolute Gasteiger partial charge is 0.479 e. The lowest BCUT2D eigenvalue weighted by Gasteiger charge is -2.18. The van der Waals surface area contributed by atoms with Crippen LogP contribution in [0.3, 0.4) is 0 Å². The number of para-hydroxylation sites is 1. The van der Waals surface area contributed by atoms with E-state index < -0.39 is 12.1 Å². The summed E-state index contributed by atoms with van der Waals surface area (Å²) in [6.45, 7) is 4.08. The summed E-state index contributed by atoms with van der Waals surface area (Å²) >= 11 is 0. The van der Waals surface area contributed by atoms with E-state index in [1.54, 1.807) is 12.1 Å². The summed E-state index contributed by atoms with van der Waals surface area (Å²) in [6.07, 6.45) is 0.750. The molecule has 0 saturated heterocycles. The summed E-state index contributed by atoms with van der Waals surface area (Å²) in [6, 6.07) is 9.07. The topological polar surface area (TPSA) is 46.5 Å². The normalized spacial score (nSPS) is 14.1. The number of carboxylic acid groups (broad SMARTS) is 1. The lowest BCUT2D eigenvalue weighted by atomic mass is 10.0. The molecule has 2 atom stereocenters. The maximum absolute atomic E-state index is 11.0.